The van der Waals surface area contributed by atoms with Crippen LogP contribution in [-0.2, 0) is 9.59 Å². The summed E-state index contributed by atoms with van der Waals surface area (Å²) in [6.45, 7) is 9.65. The molecule has 1 N–H and O–H groups in total. The molecule has 1 aromatic carbocycles. The quantitative estimate of drug-likeness (QED) is 0.741. The van der Waals surface area contributed by atoms with E-state index < -0.39 is 0 Å². The first-order valence-electron chi connectivity index (χ1n) is 10.1. The van der Waals surface area contributed by atoms with Crippen LogP contribution in [0.3, 0.4) is 0 Å². The summed E-state index contributed by atoms with van der Waals surface area (Å²) in [6.07, 6.45) is 0.934. The number of benzene rings is 1. The van der Waals surface area contributed by atoms with Gasteiger partial charge in [-0.25, -0.2) is 0 Å². The lowest BCUT2D eigenvalue weighted by atomic mass is 9.87. The monoisotopic (exact) mass is 390 g/mol. The van der Waals surface area contributed by atoms with Crippen molar-refractivity contribution in [2.24, 2.45) is 17.8 Å². The molecule has 1 aliphatic rings. The molecule has 6 heteroatoms. The van der Waals surface area contributed by atoms with Gasteiger partial charge in [-0.2, -0.15) is 0 Å². The highest BCUT2D eigenvalue weighted by Gasteiger charge is 2.41. The summed E-state index contributed by atoms with van der Waals surface area (Å²) in [7, 11) is 3.22. The van der Waals surface area contributed by atoms with E-state index >= 15 is 0 Å². The number of nitrogens with one attached hydrogen (secondary N) is 1. The maximum Gasteiger partial charge on any atom is 0.225 e. The Bertz CT molecular complexity index is 687. The van der Waals surface area contributed by atoms with E-state index in [1.54, 1.807) is 14.2 Å². The van der Waals surface area contributed by atoms with Crippen molar-refractivity contribution in [2.75, 3.05) is 33.9 Å². The summed E-state index contributed by atoms with van der Waals surface area (Å²) in [5.41, 5.74) is 0.936. The van der Waals surface area contributed by atoms with Gasteiger partial charge in [-0.05, 0) is 18.4 Å². The SMILES string of the molecule is COc1ccc([C@@H]2CN(C(=O)C(C)C)C[C@H]2C(=O)NCCC(C)C)c(OC)c1. The summed E-state index contributed by atoms with van der Waals surface area (Å²) in [5.74, 6) is 1.49. The van der Waals surface area contributed by atoms with Crippen molar-refractivity contribution in [1.29, 1.82) is 0 Å². The van der Waals surface area contributed by atoms with Gasteiger partial charge in [0.05, 0.1) is 20.1 Å². The Morgan fingerprint density at radius 1 is 1.14 bits per heavy atom. The number of nitrogens with zero attached hydrogens (tertiary/aromatic N) is 1. The van der Waals surface area contributed by atoms with Gasteiger partial charge in [-0.1, -0.05) is 33.8 Å². The minimum Gasteiger partial charge on any atom is -0.497 e. The number of rotatable bonds is 8. The lowest BCUT2D eigenvalue weighted by Crippen LogP contribution is -2.37. The fourth-order valence-corrected chi connectivity index (χ4v) is 3.67. The number of amides is 2. The molecule has 2 atom stereocenters. The number of hydrogen-bond donors (Lipinski definition) is 1. The maximum absolute atomic E-state index is 13.0. The van der Waals surface area contributed by atoms with Crippen LogP contribution in [0, 0.1) is 17.8 Å². The summed E-state index contributed by atoms with van der Waals surface area (Å²) >= 11 is 0. The Labute approximate surface area is 168 Å². The van der Waals surface area contributed by atoms with E-state index in [4.69, 9.17) is 9.47 Å². The second kappa shape index (κ2) is 9.80. The van der Waals surface area contributed by atoms with Gasteiger partial charge in [0.2, 0.25) is 11.8 Å². The first-order chi connectivity index (χ1) is 13.3. The third-order valence-electron chi connectivity index (χ3n) is 5.32. The van der Waals surface area contributed by atoms with Crippen molar-refractivity contribution in [3.8, 4) is 11.5 Å². The Balaban J connectivity index is 2.29. The molecule has 0 spiro atoms. The van der Waals surface area contributed by atoms with E-state index in [9.17, 15) is 9.59 Å². The lowest BCUT2D eigenvalue weighted by Gasteiger charge is -2.21. The van der Waals surface area contributed by atoms with Crippen LogP contribution in [-0.4, -0.2) is 50.6 Å². The van der Waals surface area contributed by atoms with E-state index in [1.807, 2.05) is 36.9 Å². The molecular weight excluding hydrogens is 356 g/mol. The molecule has 0 aromatic heterocycles. The Morgan fingerprint density at radius 2 is 1.86 bits per heavy atom. The Kier molecular flexibility index (Phi) is 7.72. The van der Waals surface area contributed by atoms with Crippen molar-refractivity contribution in [1.82, 2.24) is 10.2 Å². The zero-order valence-corrected chi connectivity index (χ0v) is 18.0. The van der Waals surface area contributed by atoms with Crippen LogP contribution >= 0.6 is 0 Å². The average Bonchev–Trinajstić information content (AvgIpc) is 3.11. The molecule has 0 aliphatic carbocycles. The number of hydrogen-bond acceptors (Lipinski definition) is 4. The van der Waals surface area contributed by atoms with E-state index in [-0.39, 0.29) is 29.6 Å². The molecule has 1 saturated heterocycles. The predicted molar refractivity (Wildman–Crippen MR) is 110 cm³/mol. The van der Waals surface area contributed by atoms with Crippen LogP contribution in [0.4, 0.5) is 0 Å². The third kappa shape index (κ3) is 5.18. The van der Waals surface area contributed by atoms with E-state index in [2.05, 4.69) is 19.2 Å². The van der Waals surface area contributed by atoms with Gasteiger partial charge in [0.15, 0.2) is 0 Å². The van der Waals surface area contributed by atoms with E-state index in [0.717, 1.165) is 12.0 Å². The van der Waals surface area contributed by atoms with Crippen molar-refractivity contribution in [3.05, 3.63) is 23.8 Å². The van der Waals surface area contributed by atoms with Crippen LogP contribution in [0.5, 0.6) is 11.5 Å². The number of likely N-dealkylation sites (tertiary alicyclic amines) is 1. The van der Waals surface area contributed by atoms with Gasteiger partial charge in [0.1, 0.15) is 11.5 Å². The van der Waals surface area contributed by atoms with Crippen LogP contribution in [0.1, 0.15) is 45.6 Å². The largest absolute Gasteiger partial charge is 0.497 e. The van der Waals surface area contributed by atoms with Gasteiger partial charge >= 0.3 is 0 Å². The second-order valence-corrected chi connectivity index (χ2v) is 8.19. The molecule has 2 amide bonds. The zero-order valence-electron chi connectivity index (χ0n) is 18.0. The molecule has 2 rings (SSSR count). The smallest absolute Gasteiger partial charge is 0.225 e. The molecular formula is C22H34N2O4. The van der Waals surface area contributed by atoms with Gasteiger partial charge in [-0.3, -0.25) is 9.59 Å². The standard InChI is InChI=1S/C22H34N2O4/c1-14(2)9-10-23-21(25)19-13-24(22(26)15(3)4)12-18(19)17-8-7-16(27-5)11-20(17)28-6/h7-8,11,14-15,18-19H,9-10,12-13H2,1-6H3,(H,23,25)/t18-,19+/m0/s1. The third-order valence-corrected chi connectivity index (χ3v) is 5.32. The number of ether oxygens (including phenoxy) is 2. The average molecular weight is 391 g/mol. The molecule has 1 fully saturated rings. The second-order valence-electron chi connectivity index (χ2n) is 8.19. The van der Waals surface area contributed by atoms with Crippen molar-refractivity contribution in [2.45, 2.75) is 40.0 Å². The van der Waals surface area contributed by atoms with Gasteiger partial charge < -0.3 is 19.7 Å². The Hall–Kier alpha value is -2.24. The molecule has 156 valence electrons. The van der Waals surface area contributed by atoms with Crippen molar-refractivity contribution >= 4 is 11.8 Å². The van der Waals surface area contributed by atoms with Crippen LogP contribution in [0.15, 0.2) is 18.2 Å². The summed E-state index contributed by atoms with van der Waals surface area (Å²) in [6, 6.07) is 5.65. The van der Waals surface area contributed by atoms with Crippen LogP contribution in [0.2, 0.25) is 0 Å². The molecule has 0 radical (unpaired) electrons. The van der Waals surface area contributed by atoms with E-state index in [1.165, 1.54) is 0 Å². The highest BCUT2D eigenvalue weighted by atomic mass is 16.5. The molecule has 0 bridgehead atoms. The fourth-order valence-electron chi connectivity index (χ4n) is 3.67. The fraction of sp³-hybridized carbons (Fsp3) is 0.636. The zero-order chi connectivity index (χ0) is 20.8. The molecule has 0 saturated carbocycles. The highest BCUT2D eigenvalue weighted by molar-refractivity contribution is 5.84. The predicted octanol–water partition coefficient (Wildman–Crippen LogP) is 3.06. The van der Waals surface area contributed by atoms with Crippen LogP contribution in [0.25, 0.3) is 0 Å². The minimum atomic E-state index is -0.294. The van der Waals surface area contributed by atoms with Gasteiger partial charge in [-0.15, -0.1) is 0 Å². The highest BCUT2D eigenvalue weighted by Crippen LogP contribution is 2.39. The Morgan fingerprint density at radius 3 is 2.43 bits per heavy atom. The molecule has 0 unspecified atom stereocenters. The molecule has 6 nitrogen and oxygen atoms in total. The number of methoxy groups -OCH3 is 2. The number of carbonyl (C=O) groups excluding carboxylic acids is 2. The van der Waals surface area contributed by atoms with Crippen LogP contribution < -0.4 is 14.8 Å². The first-order valence-corrected chi connectivity index (χ1v) is 10.1. The van der Waals surface area contributed by atoms with E-state index in [0.29, 0.717) is 37.1 Å². The topological polar surface area (TPSA) is 67.9 Å². The minimum absolute atomic E-state index is 0.00239. The molecule has 1 aromatic rings. The summed E-state index contributed by atoms with van der Waals surface area (Å²) in [4.78, 5) is 27.4. The first kappa shape index (κ1) is 22.1. The van der Waals surface area contributed by atoms with Crippen molar-refractivity contribution < 1.29 is 19.1 Å². The molecule has 1 aliphatic heterocycles. The molecule has 28 heavy (non-hydrogen) atoms. The summed E-state index contributed by atoms with van der Waals surface area (Å²) in [5, 5.41) is 3.06. The number of carbonyl (C=O) groups is 2. The van der Waals surface area contributed by atoms with Gasteiger partial charge in [0, 0.05) is 43.1 Å². The van der Waals surface area contributed by atoms with Gasteiger partial charge in [0.25, 0.3) is 0 Å². The normalized spacial score (nSPS) is 19.2. The summed E-state index contributed by atoms with van der Waals surface area (Å²) < 4.78 is 10.9. The lowest BCUT2D eigenvalue weighted by molar-refractivity contribution is -0.133. The van der Waals surface area contributed by atoms with Crippen molar-refractivity contribution in [3.63, 3.8) is 0 Å². The molecule has 1 heterocycles. The maximum atomic E-state index is 13.0.